The molecule has 34 heavy (non-hydrogen) atoms. The largest absolute Gasteiger partial charge is 0.325 e. The maximum absolute atomic E-state index is 14.5. The number of halogens is 1. The number of aromatic nitrogens is 3. The standard InChI is InChI=1S/C27H27FN4OS/c1-4-19(3)20-11-13-21(14-12-20)29-25(33)17-34-27-31-30-26(23-7-5-6-8-24(23)28)32(27)22-15-9-18(2)10-16-22/h5-16,19H,4,17H2,1-3H3,(H,29,33). The van der Waals surface area contributed by atoms with Gasteiger partial charge in [0.1, 0.15) is 5.82 Å². The lowest BCUT2D eigenvalue weighted by Crippen LogP contribution is -2.14. The molecule has 0 aliphatic heterocycles. The van der Waals surface area contributed by atoms with Crippen molar-refractivity contribution >= 4 is 23.4 Å². The normalized spacial score (nSPS) is 11.9. The molecule has 174 valence electrons. The van der Waals surface area contributed by atoms with Gasteiger partial charge in [-0.05, 0) is 61.2 Å². The second kappa shape index (κ2) is 10.7. The van der Waals surface area contributed by atoms with Gasteiger partial charge in [-0.1, -0.05) is 67.6 Å². The van der Waals surface area contributed by atoms with Crippen LogP contribution in [0, 0.1) is 12.7 Å². The highest BCUT2D eigenvalue weighted by Gasteiger charge is 2.19. The molecule has 0 spiro atoms. The molecule has 3 aromatic carbocycles. The van der Waals surface area contributed by atoms with Gasteiger partial charge in [-0.15, -0.1) is 10.2 Å². The van der Waals surface area contributed by atoms with E-state index in [-0.39, 0.29) is 17.5 Å². The van der Waals surface area contributed by atoms with Crippen LogP contribution in [0.15, 0.2) is 78.0 Å². The first-order chi connectivity index (χ1) is 16.5. The molecular weight excluding hydrogens is 447 g/mol. The summed E-state index contributed by atoms with van der Waals surface area (Å²) in [7, 11) is 0. The predicted molar refractivity (Wildman–Crippen MR) is 136 cm³/mol. The van der Waals surface area contributed by atoms with Gasteiger partial charge >= 0.3 is 0 Å². The number of thioether (sulfide) groups is 1. The van der Waals surface area contributed by atoms with Crippen molar-refractivity contribution in [3.05, 3.63) is 89.7 Å². The second-order valence-electron chi connectivity index (χ2n) is 8.23. The summed E-state index contributed by atoms with van der Waals surface area (Å²) in [5, 5.41) is 12.0. The number of aryl methyl sites for hydroxylation is 1. The lowest BCUT2D eigenvalue weighted by Gasteiger charge is -2.12. The minimum absolute atomic E-state index is 0.146. The quantitative estimate of drug-likeness (QED) is 0.291. The Morgan fingerprint density at radius 3 is 2.41 bits per heavy atom. The first kappa shape index (κ1) is 23.7. The number of amides is 1. The monoisotopic (exact) mass is 474 g/mol. The Morgan fingerprint density at radius 2 is 1.74 bits per heavy atom. The third-order valence-corrected chi connectivity index (χ3v) is 6.68. The molecule has 4 rings (SSSR count). The molecule has 0 saturated heterocycles. The number of nitrogens with one attached hydrogen (secondary N) is 1. The van der Waals surface area contributed by atoms with Crippen LogP contribution in [0.4, 0.5) is 10.1 Å². The number of carbonyl (C=O) groups excluding carboxylic acids is 1. The molecule has 0 aliphatic rings. The van der Waals surface area contributed by atoms with Gasteiger partial charge in [-0.25, -0.2) is 4.39 Å². The molecular formula is C27H27FN4OS. The maximum Gasteiger partial charge on any atom is 0.234 e. The van der Waals surface area contributed by atoms with Gasteiger partial charge in [0.2, 0.25) is 5.91 Å². The van der Waals surface area contributed by atoms with E-state index in [1.165, 1.54) is 23.4 Å². The zero-order chi connectivity index (χ0) is 24.1. The highest BCUT2D eigenvalue weighted by molar-refractivity contribution is 7.99. The highest BCUT2D eigenvalue weighted by Crippen LogP contribution is 2.29. The van der Waals surface area contributed by atoms with Gasteiger partial charge < -0.3 is 5.32 Å². The van der Waals surface area contributed by atoms with Crippen LogP contribution in [0.5, 0.6) is 0 Å². The van der Waals surface area contributed by atoms with Crippen LogP contribution in [-0.2, 0) is 4.79 Å². The smallest absolute Gasteiger partial charge is 0.234 e. The number of carbonyl (C=O) groups is 1. The van der Waals surface area contributed by atoms with Crippen LogP contribution in [0.25, 0.3) is 17.1 Å². The van der Waals surface area contributed by atoms with Crippen molar-refractivity contribution in [3.63, 3.8) is 0 Å². The molecule has 1 amide bonds. The fourth-order valence-corrected chi connectivity index (χ4v) is 4.32. The van der Waals surface area contributed by atoms with E-state index in [1.807, 2.05) is 55.5 Å². The number of nitrogens with zero attached hydrogens (tertiary/aromatic N) is 3. The van der Waals surface area contributed by atoms with Crippen LogP contribution < -0.4 is 5.32 Å². The Bertz CT molecular complexity index is 1270. The summed E-state index contributed by atoms with van der Waals surface area (Å²) >= 11 is 1.26. The van der Waals surface area contributed by atoms with Gasteiger partial charge in [-0.3, -0.25) is 9.36 Å². The average molecular weight is 475 g/mol. The van der Waals surface area contributed by atoms with Gasteiger partial charge in [-0.2, -0.15) is 0 Å². The van der Waals surface area contributed by atoms with E-state index in [4.69, 9.17) is 0 Å². The Kier molecular flexibility index (Phi) is 7.43. The van der Waals surface area contributed by atoms with E-state index in [0.29, 0.717) is 22.5 Å². The summed E-state index contributed by atoms with van der Waals surface area (Å²) in [6.45, 7) is 6.34. The summed E-state index contributed by atoms with van der Waals surface area (Å²) in [4.78, 5) is 12.6. The van der Waals surface area contributed by atoms with E-state index in [0.717, 1.165) is 23.4 Å². The molecule has 0 fully saturated rings. The molecule has 0 radical (unpaired) electrons. The van der Waals surface area contributed by atoms with Crippen LogP contribution in [0.1, 0.15) is 37.3 Å². The van der Waals surface area contributed by atoms with E-state index in [2.05, 4.69) is 29.4 Å². The van der Waals surface area contributed by atoms with Crippen molar-refractivity contribution in [2.45, 2.75) is 38.3 Å². The van der Waals surface area contributed by atoms with Crippen LogP contribution in [0.3, 0.4) is 0 Å². The van der Waals surface area contributed by atoms with Gasteiger partial charge in [0.25, 0.3) is 0 Å². The Labute approximate surface area is 203 Å². The number of hydrogen-bond acceptors (Lipinski definition) is 4. The zero-order valence-electron chi connectivity index (χ0n) is 19.5. The van der Waals surface area contributed by atoms with Crippen molar-refractivity contribution in [2.24, 2.45) is 0 Å². The number of benzene rings is 3. The molecule has 0 saturated carbocycles. The molecule has 0 bridgehead atoms. The molecule has 7 heteroatoms. The maximum atomic E-state index is 14.5. The number of rotatable bonds is 8. The molecule has 1 N–H and O–H groups in total. The minimum atomic E-state index is -0.376. The molecule has 1 atom stereocenters. The summed E-state index contributed by atoms with van der Waals surface area (Å²) in [5.41, 5.74) is 4.27. The summed E-state index contributed by atoms with van der Waals surface area (Å²) in [6.07, 6.45) is 1.07. The number of hydrogen-bond donors (Lipinski definition) is 1. The van der Waals surface area contributed by atoms with Crippen molar-refractivity contribution in [1.82, 2.24) is 14.8 Å². The topological polar surface area (TPSA) is 59.8 Å². The van der Waals surface area contributed by atoms with E-state index in [1.54, 1.807) is 22.8 Å². The Hall–Kier alpha value is -3.45. The average Bonchev–Trinajstić information content (AvgIpc) is 3.27. The fraction of sp³-hybridized carbons (Fsp3) is 0.222. The first-order valence-electron chi connectivity index (χ1n) is 11.3. The fourth-order valence-electron chi connectivity index (χ4n) is 3.56. The molecule has 4 aromatic rings. The van der Waals surface area contributed by atoms with Gasteiger partial charge in [0.15, 0.2) is 11.0 Å². The van der Waals surface area contributed by atoms with E-state index < -0.39 is 0 Å². The third-order valence-electron chi connectivity index (χ3n) is 5.75. The SMILES string of the molecule is CCC(C)c1ccc(NC(=O)CSc2nnc(-c3ccccc3F)n2-c2ccc(C)cc2)cc1. The van der Waals surface area contributed by atoms with Gasteiger partial charge in [0, 0.05) is 11.4 Å². The van der Waals surface area contributed by atoms with Crippen LogP contribution in [0.2, 0.25) is 0 Å². The minimum Gasteiger partial charge on any atom is -0.325 e. The zero-order valence-corrected chi connectivity index (χ0v) is 20.3. The third kappa shape index (κ3) is 5.37. The first-order valence-corrected chi connectivity index (χ1v) is 12.2. The lowest BCUT2D eigenvalue weighted by atomic mass is 9.99. The molecule has 5 nitrogen and oxygen atoms in total. The summed E-state index contributed by atoms with van der Waals surface area (Å²) in [6, 6.07) is 22.2. The molecule has 1 heterocycles. The van der Waals surface area contributed by atoms with E-state index in [9.17, 15) is 9.18 Å². The summed E-state index contributed by atoms with van der Waals surface area (Å²) in [5.74, 6) is 0.502. The van der Waals surface area contributed by atoms with Crippen LogP contribution in [-0.4, -0.2) is 26.4 Å². The molecule has 1 unspecified atom stereocenters. The summed E-state index contributed by atoms with van der Waals surface area (Å²) < 4.78 is 16.3. The van der Waals surface area contributed by atoms with Crippen LogP contribution >= 0.6 is 11.8 Å². The Balaban J connectivity index is 1.54. The highest BCUT2D eigenvalue weighted by atomic mass is 32.2. The van der Waals surface area contributed by atoms with Crippen molar-refractivity contribution in [2.75, 3.05) is 11.1 Å². The van der Waals surface area contributed by atoms with Crippen molar-refractivity contribution < 1.29 is 9.18 Å². The second-order valence-corrected chi connectivity index (χ2v) is 9.17. The predicted octanol–water partition coefficient (Wildman–Crippen LogP) is 6.63. The van der Waals surface area contributed by atoms with Gasteiger partial charge in [0.05, 0.1) is 11.3 Å². The van der Waals surface area contributed by atoms with E-state index >= 15 is 0 Å². The molecule has 0 aliphatic carbocycles. The number of anilines is 1. The molecule has 1 aromatic heterocycles. The lowest BCUT2D eigenvalue weighted by molar-refractivity contribution is -0.113. The Morgan fingerprint density at radius 1 is 1.03 bits per heavy atom. The van der Waals surface area contributed by atoms with Crippen molar-refractivity contribution in [3.8, 4) is 17.1 Å². The van der Waals surface area contributed by atoms with Crippen molar-refractivity contribution in [1.29, 1.82) is 0 Å².